The van der Waals surface area contributed by atoms with Crippen LogP contribution in [0.15, 0.2) is 33.5 Å². The quantitative estimate of drug-likeness (QED) is 0.615. The van der Waals surface area contributed by atoms with Crippen molar-refractivity contribution in [3.8, 4) is 0 Å². The summed E-state index contributed by atoms with van der Waals surface area (Å²) in [6.07, 6.45) is 3.23. The predicted octanol–water partition coefficient (Wildman–Crippen LogP) is 0.342. The van der Waals surface area contributed by atoms with Gasteiger partial charge in [0.25, 0.3) is 0 Å². The van der Waals surface area contributed by atoms with Crippen LogP contribution in [0, 0.1) is 0 Å². The van der Waals surface area contributed by atoms with Gasteiger partial charge in [-0.1, -0.05) is 12.1 Å². The minimum atomic E-state index is -0.0391. The van der Waals surface area contributed by atoms with Crippen LogP contribution < -0.4 is 16.1 Å². The molecule has 3 rings (SSSR count). The molecule has 1 aliphatic rings. The van der Waals surface area contributed by atoms with Gasteiger partial charge in [-0.25, -0.2) is 0 Å². The van der Waals surface area contributed by atoms with Gasteiger partial charge in [-0.15, -0.1) is 0 Å². The maximum absolute atomic E-state index is 12.0. The first-order valence-corrected chi connectivity index (χ1v) is 4.70. The summed E-state index contributed by atoms with van der Waals surface area (Å²) < 4.78 is 10.7. The summed E-state index contributed by atoms with van der Waals surface area (Å²) in [7, 11) is 0. The lowest BCUT2D eigenvalue weighted by Crippen LogP contribution is -2.40. The van der Waals surface area contributed by atoms with E-state index in [0.29, 0.717) is 28.2 Å². The average molecular weight is 200 g/mol. The number of benzene rings is 1. The van der Waals surface area contributed by atoms with Crippen LogP contribution in [-0.4, -0.2) is 6.61 Å². The zero-order valence-electron chi connectivity index (χ0n) is 7.90. The maximum Gasteiger partial charge on any atom is 0.203 e. The Hall–Kier alpha value is -2.03. The van der Waals surface area contributed by atoms with E-state index in [-0.39, 0.29) is 5.43 Å². The summed E-state index contributed by atoms with van der Waals surface area (Å²) in [5.74, 6) is 0. The van der Waals surface area contributed by atoms with Crippen molar-refractivity contribution in [1.29, 1.82) is 0 Å². The van der Waals surface area contributed by atoms with Gasteiger partial charge >= 0.3 is 0 Å². The molecule has 0 spiro atoms. The molecule has 0 saturated heterocycles. The topological polar surface area (TPSA) is 39.4 Å². The summed E-state index contributed by atoms with van der Waals surface area (Å²) in [5, 5.41) is 1.09. The van der Waals surface area contributed by atoms with Crippen LogP contribution >= 0.6 is 0 Å². The molecule has 15 heavy (non-hydrogen) atoms. The van der Waals surface area contributed by atoms with Gasteiger partial charge in [-0.3, -0.25) is 4.79 Å². The fraction of sp³-hybridized carbons (Fsp3) is 0.0833. The summed E-state index contributed by atoms with van der Waals surface area (Å²) >= 11 is 0. The second-order valence-corrected chi connectivity index (χ2v) is 3.36. The number of para-hydroxylation sites is 1. The number of hydrogen-bond acceptors (Lipinski definition) is 3. The maximum atomic E-state index is 12.0. The fourth-order valence-corrected chi connectivity index (χ4v) is 1.69. The smallest absolute Gasteiger partial charge is 0.203 e. The second-order valence-electron chi connectivity index (χ2n) is 3.36. The van der Waals surface area contributed by atoms with Crippen LogP contribution in [0.25, 0.3) is 23.3 Å². The van der Waals surface area contributed by atoms with E-state index < -0.39 is 0 Å². The minimum Gasteiger partial charge on any atom is -0.496 e. The molecular weight excluding hydrogens is 192 g/mol. The Bertz CT molecular complexity index is 695. The summed E-state index contributed by atoms with van der Waals surface area (Å²) in [6, 6.07) is 7.21. The van der Waals surface area contributed by atoms with E-state index in [4.69, 9.17) is 9.15 Å². The Morgan fingerprint density at radius 1 is 1.20 bits per heavy atom. The van der Waals surface area contributed by atoms with E-state index >= 15 is 0 Å². The van der Waals surface area contributed by atoms with Crippen molar-refractivity contribution in [3.63, 3.8) is 0 Å². The van der Waals surface area contributed by atoms with Crippen molar-refractivity contribution >= 4 is 23.3 Å². The zero-order chi connectivity index (χ0) is 10.3. The van der Waals surface area contributed by atoms with Crippen molar-refractivity contribution in [2.45, 2.75) is 0 Å². The molecule has 2 heterocycles. The zero-order valence-corrected chi connectivity index (χ0v) is 7.90. The molecule has 3 heteroatoms. The molecule has 0 unspecified atom stereocenters. The van der Waals surface area contributed by atoms with E-state index in [1.54, 1.807) is 18.2 Å². The summed E-state index contributed by atoms with van der Waals surface area (Å²) in [4.78, 5) is 12.0. The SMILES string of the molecule is O=c1c2c(oc3ccccc13)=CCOC=2. The lowest BCUT2D eigenvalue weighted by atomic mass is 10.2. The third kappa shape index (κ3) is 1.16. The highest BCUT2D eigenvalue weighted by molar-refractivity contribution is 5.76. The van der Waals surface area contributed by atoms with Crippen LogP contribution in [0.3, 0.4) is 0 Å². The first kappa shape index (κ1) is 8.29. The Morgan fingerprint density at radius 3 is 3.00 bits per heavy atom. The Labute approximate surface area is 84.9 Å². The van der Waals surface area contributed by atoms with Gasteiger partial charge in [0.05, 0.1) is 16.9 Å². The summed E-state index contributed by atoms with van der Waals surface area (Å²) in [5.41, 5.74) is 1.18. The van der Waals surface area contributed by atoms with Crippen LogP contribution in [0.2, 0.25) is 0 Å². The molecule has 0 fully saturated rings. The molecule has 1 aliphatic heterocycles. The number of ether oxygens (including phenoxy) is 1. The Kier molecular flexibility index (Phi) is 1.65. The van der Waals surface area contributed by atoms with E-state index in [2.05, 4.69) is 0 Å². The highest BCUT2D eigenvalue weighted by atomic mass is 16.5. The molecule has 2 aromatic rings. The molecule has 1 aromatic carbocycles. The van der Waals surface area contributed by atoms with Gasteiger partial charge < -0.3 is 9.15 Å². The molecular formula is C12H8O3. The van der Waals surface area contributed by atoms with Crippen molar-refractivity contribution in [1.82, 2.24) is 0 Å². The number of rotatable bonds is 0. The van der Waals surface area contributed by atoms with Gasteiger partial charge in [-0.05, 0) is 18.2 Å². The number of hydrogen-bond donors (Lipinski definition) is 0. The van der Waals surface area contributed by atoms with Crippen LogP contribution in [0.5, 0.6) is 0 Å². The van der Waals surface area contributed by atoms with Gasteiger partial charge in [0.1, 0.15) is 17.6 Å². The molecule has 0 saturated carbocycles. The van der Waals surface area contributed by atoms with Crippen molar-refractivity contribution in [2.75, 3.05) is 6.61 Å². The number of fused-ring (bicyclic) bond motifs is 2. The second kappa shape index (κ2) is 2.98. The van der Waals surface area contributed by atoms with E-state index in [9.17, 15) is 4.79 Å². The van der Waals surface area contributed by atoms with E-state index in [0.717, 1.165) is 0 Å². The molecule has 3 nitrogen and oxygen atoms in total. The predicted molar refractivity (Wildman–Crippen MR) is 56.6 cm³/mol. The van der Waals surface area contributed by atoms with Gasteiger partial charge in [0, 0.05) is 0 Å². The Balaban J connectivity index is 2.65. The van der Waals surface area contributed by atoms with Crippen molar-refractivity contribution in [3.05, 3.63) is 45.1 Å². The van der Waals surface area contributed by atoms with Crippen molar-refractivity contribution < 1.29 is 9.15 Å². The van der Waals surface area contributed by atoms with Crippen LogP contribution in [0.1, 0.15) is 0 Å². The monoisotopic (exact) mass is 200 g/mol. The third-order valence-electron chi connectivity index (χ3n) is 2.43. The molecule has 0 amide bonds. The van der Waals surface area contributed by atoms with Crippen molar-refractivity contribution in [2.24, 2.45) is 0 Å². The van der Waals surface area contributed by atoms with E-state index in [1.165, 1.54) is 6.26 Å². The highest BCUT2D eigenvalue weighted by Crippen LogP contribution is 2.04. The standard InChI is InChI=1S/C12H8O3/c13-12-8-3-1-2-4-10(8)15-11-5-6-14-7-9(11)12/h1-5,7H,6H2. The van der Waals surface area contributed by atoms with Crippen LogP contribution in [0.4, 0.5) is 0 Å². The average Bonchev–Trinajstić information content (AvgIpc) is 2.30. The van der Waals surface area contributed by atoms with Gasteiger partial charge in [0.2, 0.25) is 5.43 Å². The highest BCUT2D eigenvalue weighted by Gasteiger charge is 2.05. The van der Waals surface area contributed by atoms with Gasteiger partial charge in [-0.2, -0.15) is 0 Å². The normalized spacial score (nSPS) is 13.6. The molecule has 74 valence electrons. The first-order chi connectivity index (χ1) is 7.36. The Morgan fingerprint density at radius 2 is 2.07 bits per heavy atom. The third-order valence-corrected chi connectivity index (χ3v) is 2.43. The first-order valence-electron chi connectivity index (χ1n) is 4.70. The molecule has 0 radical (unpaired) electrons. The molecule has 0 N–H and O–H groups in total. The van der Waals surface area contributed by atoms with E-state index in [1.807, 2.05) is 12.1 Å². The molecule has 0 aliphatic carbocycles. The lowest BCUT2D eigenvalue weighted by molar-refractivity contribution is 0.339. The van der Waals surface area contributed by atoms with Gasteiger partial charge in [0.15, 0.2) is 0 Å². The minimum absolute atomic E-state index is 0.0391. The molecule has 1 aromatic heterocycles. The van der Waals surface area contributed by atoms with Crippen LogP contribution in [-0.2, 0) is 4.74 Å². The molecule has 0 atom stereocenters. The summed E-state index contributed by atoms with van der Waals surface area (Å²) in [6.45, 7) is 0.453. The largest absolute Gasteiger partial charge is 0.496 e. The fourth-order valence-electron chi connectivity index (χ4n) is 1.69. The lowest BCUT2D eigenvalue weighted by Gasteiger charge is -2.02. The molecule has 0 bridgehead atoms.